The van der Waals surface area contributed by atoms with Crippen molar-refractivity contribution in [2.45, 2.75) is 6.92 Å². The highest BCUT2D eigenvalue weighted by Crippen LogP contribution is 2.29. The number of likely N-dealkylation sites (N-methyl/N-ethyl adjacent to an activating group) is 1. The monoisotopic (exact) mass is 378 g/mol. The van der Waals surface area contributed by atoms with E-state index >= 15 is 0 Å². The maximum absolute atomic E-state index is 12.4. The van der Waals surface area contributed by atoms with Crippen LogP contribution in [0, 0.1) is 6.92 Å². The van der Waals surface area contributed by atoms with Gasteiger partial charge in [-0.1, -0.05) is 29.3 Å². The lowest BCUT2D eigenvalue weighted by Crippen LogP contribution is -3.12. The molecule has 2 aromatic carbocycles. The lowest BCUT2D eigenvalue weighted by Gasteiger charge is -2.32. The lowest BCUT2D eigenvalue weighted by molar-refractivity contribution is -0.880. The van der Waals surface area contributed by atoms with Crippen LogP contribution in [0.4, 0.5) is 11.4 Å². The number of anilines is 2. The lowest BCUT2D eigenvalue weighted by atomic mass is 10.1. The molecule has 6 heteroatoms. The molecule has 1 heterocycles. The van der Waals surface area contributed by atoms with Crippen molar-refractivity contribution in [2.24, 2.45) is 0 Å². The molecule has 1 fully saturated rings. The van der Waals surface area contributed by atoms with Gasteiger partial charge in [-0.25, -0.2) is 0 Å². The molecule has 2 aromatic rings. The molecule has 1 amide bonds. The Morgan fingerprint density at radius 2 is 1.80 bits per heavy atom. The van der Waals surface area contributed by atoms with E-state index in [1.54, 1.807) is 18.2 Å². The average Bonchev–Trinajstić information content (AvgIpc) is 2.56. The number of benzene rings is 2. The molecule has 132 valence electrons. The van der Waals surface area contributed by atoms with Crippen molar-refractivity contribution >= 4 is 40.5 Å². The topological polar surface area (TPSA) is 36.8 Å². The van der Waals surface area contributed by atoms with Crippen LogP contribution < -0.4 is 15.1 Å². The van der Waals surface area contributed by atoms with E-state index in [9.17, 15) is 4.79 Å². The molecule has 2 N–H and O–H groups in total. The minimum absolute atomic E-state index is 0.239. The predicted molar refractivity (Wildman–Crippen MR) is 104 cm³/mol. The van der Waals surface area contributed by atoms with Crippen LogP contribution in [0.2, 0.25) is 10.0 Å². The number of nitrogens with one attached hydrogen (secondary N) is 2. The number of quaternary nitrogens is 1. The molecule has 4 nitrogen and oxygen atoms in total. The van der Waals surface area contributed by atoms with Crippen LogP contribution in [0.1, 0.15) is 15.9 Å². The summed E-state index contributed by atoms with van der Waals surface area (Å²) in [5, 5.41) is 3.96. The summed E-state index contributed by atoms with van der Waals surface area (Å²) < 4.78 is 0. The first-order valence-corrected chi connectivity index (χ1v) is 9.13. The Morgan fingerprint density at radius 3 is 2.44 bits per heavy atom. The van der Waals surface area contributed by atoms with E-state index in [-0.39, 0.29) is 5.91 Å². The molecule has 0 atom stereocenters. The smallest absolute Gasteiger partial charge is 0.257 e. The molecule has 0 saturated carbocycles. The van der Waals surface area contributed by atoms with Crippen molar-refractivity contribution in [2.75, 3.05) is 43.4 Å². The van der Waals surface area contributed by atoms with Gasteiger partial charge in [-0.05, 0) is 42.8 Å². The van der Waals surface area contributed by atoms with Crippen LogP contribution >= 0.6 is 23.2 Å². The number of carbonyl (C=O) groups excluding carboxylic acids is 1. The summed E-state index contributed by atoms with van der Waals surface area (Å²) in [5.41, 5.74) is 3.15. The molecule has 1 aliphatic heterocycles. The summed E-state index contributed by atoms with van der Waals surface area (Å²) in [6, 6.07) is 11.0. The minimum Gasteiger partial charge on any atom is -0.359 e. The zero-order valence-electron chi connectivity index (χ0n) is 14.4. The molecule has 25 heavy (non-hydrogen) atoms. The second-order valence-electron chi connectivity index (χ2n) is 6.55. The summed E-state index contributed by atoms with van der Waals surface area (Å²) in [6.45, 7) is 6.10. The summed E-state index contributed by atoms with van der Waals surface area (Å²) >= 11 is 12.6. The van der Waals surface area contributed by atoms with Gasteiger partial charge in [0.2, 0.25) is 0 Å². The van der Waals surface area contributed by atoms with E-state index in [0.717, 1.165) is 37.4 Å². The zero-order chi connectivity index (χ0) is 18.0. The molecule has 1 saturated heterocycles. The zero-order valence-corrected chi connectivity index (χ0v) is 15.9. The molecule has 0 aliphatic carbocycles. The maximum atomic E-state index is 12.4. The van der Waals surface area contributed by atoms with Crippen LogP contribution in [0.15, 0.2) is 36.4 Å². The highest BCUT2D eigenvalue weighted by molar-refractivity contribution is 6.35. The second-order valence-corrected chi connectivity index (χ2v) is 7.36. The van der Waals surface area contributed by atoms with E-state index in [1.165, 1.54) is 4.90 Å². The maximum Gasteiger partial charge on any atom is 0.257 e. The van der Waals surface area contributed by atoms with Gasteiger partial charge in [0.1, 0.15) is 0 Å². The third-order valence-corrected chi connectivity index (χ3v) is 5.15. The first-order chi connectivity index (χ1) is 11.9. The number of hydrogen-bond donors (Lipinski definition) is 2. The largest absolute Gasteiger partial charge is 0.359 e. The highest BCUT2D eigenvalue weighted by atomic mass is 35.5. The molecule has 3 rings (SSSR count). The van der Waals surface area contributed by atoms with Crippen LogP contribution in [0.25, 0.3) is 0 Å². The van der Waals surface area contributed by atoms with Gasteiger partial charge in [0.25, 0.3) is 5.91 Å². The number of hydrogen-bond acceptors (Lipinski definition) is 2. The van der Waals surface area contributed by atoms with Crippen LogP contribution in [0.5, 0.6) is 0 Å². The van der Waals surface area contributed by atoms with Crippen LogP contribution in [-0.4, -0.2) is 39.1 Å². The third kappa shape index (κ3) is 4.27. The normalized spacial score (nSPS) is 15.3. The first kappa shape index (κ1) is 18.1. The fourth-order valence-corrected chi connectivity index (χ4v) is 3.59. The van der Waals surface area contributed by atoms with E-state index in [0.29, 0.717) is 21.3 Å². The molecular weight excluding hydrogens is 357 g/mol. The number of carbonyl (C=O) groups is 1. The van der Waals surface area contributed by atoms with Gasteiger partial charge < -0.3 is 15.1 Å². The van der Waals surface area contributed by atoms with E-state index < -0.39 is 0 Å². The van der Waals surface area contributed by atoms with Gasteiger partial charge in [-0.2, -0.15) is 0 Å². The minimum atomic E-state index is -0.239. The van der Waals surface area contributed by atoms with Crippen molar-refractivity contribution in [3.8, 4) is 0 Å². The predicted octanol–water partition coefficient (Wildman–Crippen LogP) is 2.89. The average molecular weight is 379 g/mol. The summed E-state index contributed by atoms with van der Waals surface area (Å²) in [5.74, 6) is -0.239. The second kappa shape index (κ2) is 7.65. The number of piperazine rings is 1. The Hall–Kier alpha value is -1.75. The van der Waals surface area contributed by atoms with Crippen molar-refractivity contribution < 1.29 is 9.69 Å². The molecule has 0 bridgehead atoms. The van der Waals surface area contributed by atoms with Crippen LogP contribution in [-0.2, 0) is 0 Å². The first-order valence-electron chi connectivity index (χ1n) is 8.37. The van der Waals surface area contributed by atoms with Crippen molar-refractivity contribution in [1.82, 2.24) is 0 Å². The molecule has 1 aliphatic rings. The molecule has 0 unspecified atom stereocenters. The van der Waals surface area contributed by atoms with E-state index in [1.807, 2.05) is 25.1 Å². The number of halogens is 2. The summed E-state index contributed by atoms with van der Waals surface area (Å²) in [7, 11) is 2.20. The van der Waals surface area contributed by atoms with Gasteiger partial charge in [0, 0.05) is 5.69 Å². The number of amides is 1. The van der Waals surface area contributed by atoms with Gasteiger partial charge in [0.15, 0.2) is 0 Å². The molecular formula is C19H22Cl2N3O+. The number of rotatable bonds is 3. The fraction of sp³-hybridized carbons (Fsp3) is 0.316. The Balaban J connectivity index is 1.73. The standard InChI is InChI=1S/C19H21Cl2N3O/c1-13-3-5-15(16(20)11-13)19(25)22-14-4-6-18(17(21)12-14)24-9-7-23(2)8-10-24/h3-6,11-12H,7-10H2,1-2H3,(H,22,25)/p+1. The summed E-state index contributed by atoms with van der Waals surface area (Å²) in [6.07, 6.45) is 0. The van der Waals surface area contributed by atoms with Crippen molar-refractivity contribution in [1.29, 1.82) is 0 Å². The molecule has 0 spiro atoms. The van der Waals surface area contributed by atoms with Gasteiger partial charge in [-0.15, -0.1) is 0 Å². The Bertz CT molecular complexity index is 786. The van der Waals surface area contributed by atoms with Gasteiger partial charge >= 0.3 is 0 Å². The van der Waals surface area contributed by atoms with Crippen molar-refractivity contribution in [3.63, 3.8) is 0 Å². The van der Waals surface area contributed by atoms with Crippen molar-refractivity contribution in [3.05, 3.63) is 57.6 Å². The highest BCUT2D eigenvalue weighted by Gasteiger charge is 2.19. The van der Waals surface area contributed by atoms with Gasteiger partial charge in [0.05, 0.1) is 54.5 Å². The Morgan fingerprint density at radius 1 is 1.08 bits per heavy atom. The molecule has 0 radical (unpaired) electrons. The van der Waals surface area contributed by atoms with E-state index in [2.05, 4.69) is 17.3 Å². The van der Waals surface area contributed by atoms with Crippen LogP contribution in [0.3, 0.4) is 0 Å². The number of nitrogens with zero attached hydrogens (tertiary/aromatic N) is 1. The molecule has 0 aromatic heterocycles. The quantitative estimate of drug-likeness (QED) is 0.861. The Labute approximate surface area is 158 Å². The van der Waals surface area contributed by atoms with Gasteiger partial charge in [-0.3, -0.25) is 4.79 Å². The Kier molecular flexibility index (Phi) is 5.52. The number of aryl methyl sites for hydroxylation is 1. The third-order valence-electron chi connectivity index (χ3n) is 4.53. The van der Waals surface area contributed by atoms with E-state index in [4.69, 9.17) is 23.2 Å². The SMILES string of the molecule is Cc1ccc(C(=O)Nc2ccc(N3CC[NH+](C)CC3)c(Cl)c2)c(Cl)c1. The summed E-state index contributed by atoms with van der Waals surface area (Å²) in [4.78, 5) is 16.3. The fourth-order valence-electron chi connectivity index (χ4n) is 2.97.